The van der Waals surface area contributed by atoms with Crippen molar-refractivity contribution in [2.75, 3.05) is 40.3 Å². The van der Waals surface area contributed by atoms with Gasteiger partial charge in [-0.3, -0.25) is 9.79 Å². The summed E-state index contributed by atoms with van der Waals surface area (Å²) in [6, 6.07) is 0.505. The molecule has 0 spiro atoms. The summed E-state index contributed by atoms with van der Waals surface area (Å²) < 4.78 is 0. The first-order valence-corrected chi connectivity index (χ1v) is 10.1. The summed E-state index contributed by atoms with van der Waals surface area (Å²) in [5.41, 5.74) is 0. The summed E-state index contributed by atoms with van der Waals surface area (Å²) >= 11 is 0. The Balaban J connectivity index is 0.00000338. The lowest BCUT2D eigenvalue weighted by Crippen LogP contribution is -2.44. The van der Waals surface area contributed by atoms with Gasteiger partial charge in [-0.05, 0) is 52.6 Å². The highest BCUT2D eigenvalue weighted by molar-refractivity contribution is 14.0. The van der Waals surface area contributed by atoms with E-state index in [1.165, 1.54) is 32.1 Å². The molecule has 2 fully saturated rings. The zero-order chi connectivity index (χ0) is 18.1. The Hall–Kier alpha value is -0.570. The van der Waals surface area contributed by atoms with E-state index in [-0.39, 0.29) is 35.8 Å². The third-order valence-electron chi connectivity index (χ3n) is 5.30. The summed E-state index contributed by atoms with van der Waals surface area (Å²) in [6.45, 7) is 5.11. The van der Waals surface area contributed by atoms with Crippen LogP contribution >= 0.6 is 24.0 Å². The molecular weight excluding hydrogens is 441 g/mol. The molecule has 26 heavy (non-hydrogen) atoms. The van der Waals surface area contributed by atoms with Crippen LogP contribution in [-0.4, -0.2) is 63.1 Å². The van der Waals surface area contributed by atoms with Gasteiger partial charge in [-0.2, -0.15) is 0 Å². The zero-order valence-corrected chi connectivity index (χ0v) is 19.1. The molecule has 0 aromatic carbocycles. The number of halogens is 1. The van der Waals surface area contributed by atoms with Crippen LogP contribution in [0.3, 0.4) is 0 Å². The third kappa shape index (κ3) is 8.41. The molecule has 152 valence electrons. The summed E-state index contributed by atoms with van der Waals surface area (Å²) in [6.07, 6.45) is 8.87. The van der Waals surface area contributed by atoms with Crippen LogP contribution in [0.15, 0.2) is 4.99 Å². The predicted octanol–water partition coefficient (Wildman–Crippen LogP) is 2.20. The Morgan fingerprint density at radius 2 is 1.69 bits per heavy atom. The lowest BCUT2D eigenvalue weighted by Gasteiger charge is -2.34. The van der Waals surface area contributed by atoms with Gasteiger partial charge in [-0.1, -0.05) is 19.3 Å². The van der Waals surface area contributed by atoms with Crippen molar-refractivity contribution in [1.29, 1.82) is 0 Å². The van der Waals surface area contributed by atoms with Crippen LogP contribution in [0.25, 0.3) is 0 Å². The molecule has 0 bridgehead atoms. The fourth-order valence-corrected chi connectivity index (χ4v) is 3.64. The molecule has 7 heteroatoms. The van der Waals surface area contributed by atoms with Crippen LogP contribution in [0.1, 0.15) is 51.9 Å². The van der Waals surface area contributed by atoms with Gasteiger partial charge in [0.25, 0.3) is 0 Å². The van der Waals surface area contributed by atoms with E-state index in [0.29, 0.717) is 19.1 Å². The van der Waals surface area contributed by atoms with Crippen LogP contribution in [0.4, 0.5) is 0 Å². The van der Waals surface area contributed by atoms with Gasteiger partial charge < -0.3 is 20.9 Å². The number of amides is 1. The molecule has 0 aromatic rings. The molecule has 6 nitrogen and oxygen atoms in total. The van der Waals surface area contributed by atoms with E-state index in [2.05, 4.69) is 41.9 Å². The van der Waals surface area contributed by atoms with Crippen molar-refractivity contribution in [2.24, 2.45) is 16.8 Å². The number of nitrogens with zero attached hydrogens (tertiary/aromatic N) is 2. The topological polar surface area (TPSA) is 68.8 Å². The largest absolute Gasteiger partial charge is 0.357 e. The average Bonchev–Trinajstić information content (AvgIpc) is 3.44. The van der Waals surface area contributed by atoms with Crippen molar-refractivity contribution in [3.05, 3.63) is 0 Å². The summed E-state index contributed by atoms with van der Waals surface area (Å²) in [7, 11) is 4.34. The molecule has 1 atom stereocenters. The van der Waals surface area contributed by atoms with Crippen molar-refractivity contribution in [2.45, 2.75) is 57.9 Å². The number of hydrogen-bond donors (Lipinski definition) is 3. The molecule has 0 heterocycles. The Morgan fingerprint density at radius 3 is 2.27 bits per heavy atom. The van der Waals surface area contributed by atoms with E-state index in [9.17, 15) is 4.79 Å². The Kier molecular flexibility index (Phi) is 11.5. The number of likely N-dealkylation sites (N-methyl/N-ethyl adjacent to an activating group) is 1. The average molecular weight is 479 g/mol. The Morgan fingerprint density at radius 1 is 1.04 bits per heavy atom. The number of rotatable bonds is 9. The fraction of sp³-hybridized carbons (Fsp3) is 0.895. The van der Waals surface area contributed by atoms with Crippen molar-refractivity contribution in [1.82, 2.24) is 20.9 Å². The van der Waals surface area contributed by atoms with Crippen LogP contribution in [0.2, 0.25) is 0 Å². The van der Waals surface area contributed by atoms with Gasteiger partial charge in [0.1, 0.15) is 0 Å². The molecule has 1 unspecified atom stereocenters. The third-order valence-corrected chi connectivity index (χ3v) is 5.30. The van der Waals surface area contributed by atoms with Crippen molar-refractivity contribution >= 4 is 35.8 Å². The number of carbonyl (C=O) groups excluding carboxylic acids is 1. The summed E-state index contributed by atoms with van der Waals surface area (Å²) in [5.74, 6) is 2.09. The van der Waals surface area contributed by atoms with E-state index in [1.54, 1.807) is 0 Å². The van der Waals surface area contributed by atoms with Gasteiger partial charge in [0.05, 0.1) is 6.54 Å². The second-order valence-corrected chi connectivity index (χ2v) is 7.64. The quantitative estimate of drug-likeness (QED) is 0.205. The first-order valence-electron chi connectivity index (χ1n) is 10.1. The molecule has 2 aliphatic rings. The Labute approximate surface area is 176 Å². The minimum absolute atomic E-state index is 0. The Bertz CT molecular complexity index is 434. The smallest absolute Gasteiger partial charge is 0.223 e. The lowest BCUT2D eigenvalue weighted by atomic mass is 9.83. The van der Waals surface area contributed by atoms with E-state index >= 15 is 0 Å². The highest BCUT2D eigenvalue weighted by Crippen LogP contribution is 2.29. The molecule has 0 saturated heterocycles. The maximum atomic E-state index is 11.7. The minimum atomic E-state index is 0. The van der Waals surface area contributed by atoms with Crippen molar-refractivity contribution in [3.63, 3.8) is 0 Å². The maximum absolute atomic E-state index is 11.7. The SMILES string of the molecule is CCNC(=NCC(C1CCCCC1)N(C)C)NCCNC(=O)C1CC1.I. The summed E-state index contributed by atoms with van der Waals surface area (Å²) in [5, 5.41) is 9.63. The highest BCUT2D eigenvalue weighted by Gasteiger charge is 2.29. The first-order chi connectivity index (χ1) is 12.1. The highest BCUT2D eigenvalue weighted by atomic mass is 127. The molecule has 3 N–H and O–H groups in total. The van der Waals surface area contributed by atoms with Crippen LogP contribution in [0.5, 0.6) is 0 Å². The van der Waals surface area contributed by atoms with Gasteiger partial charge in [-0.25, -0.2) is 0 Å². The number of guanidine groups is 1. The van der Waals surface area contributed by atoms with Gasteiger partial charge in [0.2, 0.25) is 5.91 Å². The molecule has 2 rings (SSSR count). The molecule has 0 radical (unpaired) electrons. The predicted molar refractivity (Wildman–Crippen MR) is 119 cm³/mol. The minimum Gasteiger partial charge on any atom is -0.357 e. The number of aliphatic imine (C=N–C) groups is 1. The second kappa shape index (κ2) is 12.8. The van der Waals surface area contributed by atoms with Crippen molar-refractivity contribution < 1.29 is 4.79 Å². The summed E-state index contributed by atoms with van der Waals surface area (Å²) in [4.78, 5) is 18.8. The van der Waals surface area contributed by atoms with Crippen molar-refractivity contribution in [3.8, 4) is 0 Å². The van der Waals surface area contributed by atoms with Gasteiger partial charge in [-0.15, -0.1) is 24.0 Å². The molecule has 2 aliphatic carbocycles. The van der Waals surface area contributed by atoms with E-state index in [1.807, 2.05) is 0 Å². The normalized spacial score (nSPS) is 19.6. The standard InChI is InChI=1S/C19H37N5O.HI/c1-4-20-19(22-13-12-21-18(25)16-10-11-16)23-14-17(24(2)3)15-8-6-5-7-9-15;/h15-17H,4-14H2,1-3H3,(H,21,25)(H2,20,22,23);1H. The molecule has 2 saturated carbocycles. The van der Waals surface area contributed by atoms with E-state index in [4.69, 9.17) is 4.99 Å². The fourth-order valence-electron chi connectivity index (χ4n) is 3.64. The first kappa shape index (κ1) is 23.5. The number of carbonyl (C=O) groups is 1. The number of hydrogen-bond acceptors (Lipinski definition) is 3. The monoisotopic (exact) mass is 479 g/mol. The van der Waals surface area contributed by atoms with E-state index < -0.39 is 0 Å². The second-order valence-electron chi connectivity index (χ2n) is 7.64. The van der Waals surface area contributed by atoms with Gasteiger partial charge in [0, 0.05) is 31.6 Å². The zero-order valence-electron chi connectivity index (χ0n) is 16.7. The molecule has 1 amide bonds. The molecular formula is C19H38IN5O. The molecule has 0 aromatic heterocycles. The van der Waals surface area contributed by atoms with Gasteiger partial charge >= 0.3 is 0 Å². The van der Waals surface area contributed by atoms with Gasteiger partial charge in [0.15, 0.2) is 5.96 Å². The molecule has 0 aliphatic heterocycles. The van der Waals surface area contributed by atoms with Crippen LogP contribution < -0.4 is 16.0 Å². The van der Waals surface area contributed by atoms with Crippen LogP contribution in [0, 0.1) is 11.8 Å². The maximum Gasteiger partial charge on any atom is 0.223 e. The van der Waals surface area contributed by atoms with Crippen LogP contribution in [-0.2, 0) is 4.79 Å². The lowest BCUT2D eigenvalue weighted by molar-refractivity contribution is -0.122. The number of nitrogens with one attached hydrogen (secondary N) is 3. The van der Waals surface area contributed by atoms with E-state index in [0.717, 1.165) is 37.8 Å².